The van der Waals surface area contributed by atoms with Gasteiger partial charge in [0.15, 0.2) is 5.75 Å². The number of ether oxygens (including phenoxy) is 1. The van der Waals surface area contributed by atoms with Crippen LogP contribution < -0.4 is 15.8 Å². The minimum atomic E-state index is -4.46. The fourth-order valence-electron chi connectivity index (χ4n) is 6.40. The van der Waals surface area contributed by atoms with Crippen LogP contribution in [0.2, 0.25) is 0 Å². The number of methoxy groups -OCH3 is 1. The summed E-state index contributed by atoms with van der Waals surface area (Å²) in [5.41, 5.74) is 14.4. The van der Waals surface area contributed by atoms with Gasteiger partial charge in [0.2, 0.25) is 0 Å². The Morgan fingerprint density at radius 2 is 1.24 bits per heavy atom. The first kappa shape index (κ1) is 43.4. The fraction of sp³-hybridized carbons (Fsp3) is 0.130. The first-order chi connectivity index (χ1) is 30.3. The van der Waals surface area contributed by atoms with Crippen molar-refractivity contribution in [2.45, 2.75) is 38.8 Å². The molecule has 0 spiro atoms. The number of nitrogens with zero attached hydrogens (tertiary/aromatic N) is 8. The number of phenolic OH excluding ortho intramolecular Hbond substituents is 1. The Kier molecular flexibility index (Phi) is 13.0. The SMILES string of the molecule is COc1cc(N=Nc2cc(C)c(N=Nc3ccc(N=Nc4ccccc4S(=O)(=O)O)c(C)c3)cc2C)c(CO)cc1N=Nc1ccc2cc(NCc3ccc(N)cc3)ccc2c1O. The standard InChI is InChI=1S/C46H42N10O6S/c1-27-19-35(15-18-37(27)50-51-38-7-5-6-8-45(38)63(59,60)61)49-53-40-20-29(3)41(21-28(40)2)54-55-42-24-44(62-4)43(23-32(42)26-57)56-52-39-17-11-31-22-34(14-16-36(31)46(39)58)48-25-30-9-12-33(47)13-10-30/h5-24,48,57-58H,25-26,47H2,1-4H3,(H,59,60,61). The summed E-state index contributed by atoms with van der Waals surface area (Å²) in [6.07, 6.45) is 0. The molecule has 0 saturated heterocycles. The number of aliphatic hydroxyl groups is 1. The van der Waals surface area contributed by atoms with Gasteiger partial charge in [-0.15, -0.1) is 15.3 Å². The molecule has 7 aromatic carbocycles. The second-order valence-electron chi connectivity index (χ2n) is 14.4. The second kappa shape index (κ2) is 18.9. The summed E-state index contributed by atoms with van der Waals surface area (Å²) in [4.78, 5) is -0.338. The Morgan fingerprint density at radius 3 is 1.94 bits per heavy atom. The normalized spacial score (nSPS) is 12.1. The monoisotopic (exact) mass is 862 g/mol. The molecule has 0 aliphatic rings. The third-order valence-corrected chi connectivity index (χ3v) is 10.8. The van der Waals surface area contributed by atoms with Crippen molar-refractivity contribution < 1.29 is 27.9 Å². The molecular formula is C46H42N10O6S. The number of fused-ring (bicyclic) bond motifs is 1. The van der Waals surface area contributed by atoms with Crippen molar-refractivity contribution in [1.82, 2.24) is 0 Å². The number of phenols is 1. The number of rotatable bonds is 14. The summed E-state index contributed by atoms with van der Waals surface area (Å²) in [6.45, 7) is 5.81. The predicted octanol–water partition coefficient (Wildman–Crippen LogP) is 13.1. The number of hydrogen-bond donors (Lipinski definition) is 5. The van der Waals surface area contributed by atoms with E-state index in [1.165, 1.54) is 25.3 Å². The van der Waals surface area contributed by atoms with Crippen LogP contribution in [0.15, 0.2) is 167 Å². The predicted molar refractivity (Wildman–Crippen MR) is 243 cm³/mol. The van der Waals surface area contributed by atoms with Gasteiger partial charge in [-0.25, -0.2) is 0 Å². The Balaban J connectivity index is 1.04. The van der Waals surface area contributed by atoms with Gasteiger partial charge in [-0.05, 0) is 133 Å². The summed E-state index contributed by atoms with van der Waals surface area (Å²) >= 11 is 0. The zero-order chi connectivity index (χ0) is 44.7. The van der Waals surface area contributed by atoms with Crippen LogP contribution in [0, 0.1) is 20.8 Å². The van der Waals surface area contributed by atoms with Crippen LogP contribution in [0.5, 0.6) is 11.5 Å². The summed E-state index contributed by atoms with van der Waals surface area (Å²) < 4.78 is 38.5. The molecule has 0 heterocycles. The fourth-order valence-corrected chi connectivity index (χ4v) is 7.03. The number of hydrogen-bond acceptors (Lipinski definition) is 15. The van der Waals surface area contributed by atoms with E-state index in [1.807, 2.05) is 81.4 Å². The van der Waals surface area contributed by atoms with E-state index in [1.54, 1.807) is 42.5 Å². The highest BCUT2D eigenvalue weighted by Gasteiger charge is 2.15. The van der Waals surface area contributed by atoms with Crippen LogP contribution in [0.25, 0.3) is 10.8 Å². The number of nitrogens with two attached hydrogens (primary N) is 1. The minimum Gasteiger partial charge on any atom is -0.505 e. The van der Waals surface area contributed by atoms with E-state index < -0.39 is 10.1 Å². The van der Waals surface area contributed by atoms with Crippen molar-refractivity contribution in [3.8, 4) is 11.5 Å². The maximum Gasteiger partial charge on any atom is 0.296 e. The van der Waals surface area contributed by atoms with Gasteiger partial charge in [0.1, 0.15) is 27.7 Å². The minimum absolute atomic E-state index is 0.0119. The molecule has 0 aliphatic heterocycles. The van der Waals surface area contributed by atoms with E-state index in [0.29, 0.717) is 63.1 Å². The van der Waals surface area contributed by atoms with E-state index in [4.69, 9.17) is 10.5 Å². The van der Waals surface area contributed by atoms with Gasteiger partial charge in [-0.2, -0.15) is 34.0 Å². The molecule has 0 atom stereocenters. The first-order valence-electron chi connectivity index (χ1n) is 19.4. The lowest BCUT2D eigenvalue weighted by Gasteiger charge is -2.10. The molecule has 0 unspecified atom stereocenters. The lowest BCUT2D eigenvalue weighted by Crippen LogP contribution is -1.99. The van der Waals surface area contributed by atoms with Gasteiger partial charge in [0, 0.05) is 34.9 Å². The quantitative estimate of drug-likeness (QED) is 0.0399. The topological polar surface area (TPSA) is 241 Å². The summed E-state index contributed by atoms with van der Waals surface area (Å²) in [7, 11) is -2.98. The molecule has 0 bridgehead atoms. The Labute approximate surface area is 363 Å². The molecule has 7 rings (SSSR count). The molecule has 0 amide bonds. The van der Waals surface area contributed by atoms with Gasteiger partial charge < -0.3 is 26.0 Å². The second-order valence-corrected chi connectivity index (χ2v) is 15.8. The number of aryl methyl sites for hydroxylation is 3. The van der Waals surface area contributed by atoms with E-state index in [0.717, 1.165) is 33.3 Å². The van der Waals surface area contributed by atoms with E-state index >= 15 is 0 Å². The summed E-state index contributed by atoms with van der Waals surface area (Å²) in [6, 6.07) is 34.7. The largest absolute Gasteiger partial charge is 0.505 e. The zero-order valence-corrected chi connectivity index (χ0v) is 35.4. The number of aromatic hydroxyl groups is 1. The smallest absolute Gasteiger partial charge is 0.296 e. The summed E-state index contributed by atoms with van der Waals surface area (Å²) in [5, 5.41) is 60.9. The third-order valence-electron chi connectivity index (χ3n) is 9.90. The molecular weight excluding hydrogens is 821 g/mol. The van der Waals surface area contributed by atoms with Gasteiger partial charge in [0.25, 0.3) is 10.1 Å². The van der Waals surface area contributed by atoms with Crippen molar-refractivity contribution in [3.63, 3.8) is 0 Å². The molecule has 0 aromatic heterocycles. The van der Waals surface area contributed by atoms with Crippen molar-refractivity contribution >= 4 is 77.8 Å². The number of aliphatic hydroxyl groups excluding tert-OH is 1. The molecule has 0 saturated carbocycles. The van der Waals surface area contributed by atoms with Gasteiger partial charge in [-0.1, -0.05) is 30.3 Å². The molecule has 17 heteroatoms. The van der Waals surface area contributed by atoms with Crippen LogP contribution in [0.3, 0.4) is 0 Å². The number of benzene rings is 7. The van der Waals surface area contributed by atoms with Crippen LogP contribution in [0.4, 0.5) is 56.9 Å². The molecule has 16 nitrogen and oxygen atoms in total. The lowest BCUT2D eigenvalue weighted by molar-refractivity contribution is 0.282. The summed E-state index contributed by atoms with van der Waals surface area (Å²) in [5.74, 6) is 0.306. The number of nitrogens with one attached hydrogen (secondary N) is 1. The van der Waals surface area contributed by atoms with E-state index in [2.05, 4.69) is 46.2 Å². The molecule has 0 fully saturated rings. The van der Waals surface area contributed by atoms with Crippen molar-refractivity contribution in [2.75, 3.05) is 18.2 Å². The van der Waals surface area contributed by atoms with E-state index in [-0.39, 0.29) is 28.6 Å². The van der Waals surface area contributed by atoms with Gasteiger partial charge in [-0.3, -0.25) is 4.55 Å². The average molecular weight is 863 g/mol. The van der Waals surface area contributed by atoms with Gasteiger partial charge >= 0.3 is 0 Å². The molecule has 63 heavy (non-hydrogen) atoms. The van der Waals surface area contributed by atoms with E-state index in [9.17, 15) is 23.2 Å². The van der Waals surface area contributed by atoms with Crippen molar-refractivity contribution in [2.24, 2.45) is 40.9 Å². The highest BCUT2D eigenvalue weighted by molar-refractivity contribution is 7.86. The van der Waals surface area contributed by atoms with Crippen molar-refractivity contribution in [1.29, 1.82) is 0 Å². The van der Waals surface area contributed by atoms with Crippen LogP contribution in [0.1, 0.15) is 27.8 Å². The third kappa shape index (κ3) is 10.4. The number of anilines is 2. The van der Waals surface area contributed by atoms with Crippen LogP contribution in [-0.4, -0.2) is 30.3 Å². The number of nitrogen functional groups attached to an aromatic ring is 1. The molecule has 7 aromatic rings. The first-order valence-corrected chi connectivity index (χ1v) is 20.8. The Hall–Kier alpha value is -7.73. The Bertz CT molecular complexity index is 3080. The van der Waals surface area contributed by atoms with Gasteiger partial charge in [0.05, 0.1) is 42.2 Å². The maximum atomic E-state index is 11.7. The van der Waals surface area contributed by atoms with Crippen LogP contribution >= 0.6 is 0 Å². The van der Waals surface area contributed by atoms with Crippen LogP contribution in [-0.2, 0) is 23.3 Å². The highest BCUT2D eigenvalue weighted by atomic mass is 32.2. The lowest BCUT2D eigenvalue weighted by atomic mass is 10.1. The maximum absolute atomic E-state index is 11.7. The zero-order valence-electron chi connectivity index (χ0n) is 34.6. The molecule has 0 aliphatic carbocycles. The number of azo groups is 4. The molecule has 6 N–H and O–H groups in total. The molecule has 318 valence electrons. The molecule has 0 radical (unpaired) electrons. The highest BCUT2D eigenvalue weighted by Crippen LogP contribution is 2.41. The average Bonchev–Trinajstić information content (AvgIpc) is 3.27. The Morgan fingerprint density at radius 1 is 0.619 bits per heavy atom. The van der Waals surface area contributed by atoms with Crippen molar-refractivity contribution in [3.05, 3.63) is 149 Å².